The highest BCUT2D eigenvalue weighted by Gasteiger charge is 2.30. The van der Waals surface area contributed by atoms with Crippen LogP contribution in [0, 0.1) is 15.9 Å². The van der Waals surface area contributed by atoms with Gasteiger partial charge in [-0.2, -0.15) is 0 Å². The van der Waals surface area contributed by atoms with Gasteiger partial charge in [0.1, 0.15) is 11.5 Å². The Bertz CT molecular complexity index is 549. The van der Waals surface area contributed by atoms with Gasteiger partial charge in [0.15, 0.2) is 0 Å². The Hall–Kier alpha value is -2.22. The van der Waals surface area contributed by atoms with Crippen LogP contribution in [-0.2, 0) is 0 Å². The van der Waals surface area contributed by atoms with Gasteiger partial charge in [-0.15, -0.1) is 0 Å². The van der Waals surface area contributed by atoms with E-state index in [0.717, 1.165) is 6.07 Å². The Balaban J connectivity index is 3.41. The van der Waals surface area contributed by atoms with E-state index < -0.39 is 33.5 Å². The van der Waals surface area contributed by atoms with Crippen LogP contribution in [0.3, 0.4) is 0 Å². The molecule has 0 bridgehead atoms. The van der Waals surface area contributed by atoms with Gasteiger partial charge in [-0.05, 0) is 18.9 Å². The highest BCUT2D eigenvalue weighted by molar-refractivity contribution is 5.90. The maximum absolute atomic E-state index is 13.6. The number of carboxylic acids is 1. The molecule has 0 aliphatic heterocycles. The zero-order chi connectivity index (χ0) is 16.2. The number of nitrogens with one attached hydrogen (secondary N) is 1. The number of nitro groups is 1. The maximum Gasteiger partial charge on any atom is 0.338 e. The molecule has 3 N–H and O–H groups in total. The lowest BCUT2D eigenvalue weighted by atomic mass is 9.93. The van der Waals surface area contributed by atoms with Crippen LogP contribution in [0.4, 0.5) is 15.8 Å². The molecule has 0 spiro atoms. The number of nitrogens with zero attached hydrogens (tertiary/aromatic N) is 1. The molecule has 21 heavy (non-hydrogen) atoms. The number of rotatable bonds is 7. The average Bonchev–Trinajstić information content (AvgIpc) is 2.45. The number of aliphatic hydroxyl groups is 1. The second-order valence-corrected chi connectivity index (χ2v) is 4.68. The molecule has 0 aliphatic rings. The molecule has 0 amide bonds. The van der Waals surface area contributed by atoms with Gasteiger partial charge in [-0.25, -0.2) is 9.18 Å². The van der Waals surface area contributed by atoms with Crippen LogP contribution >= 0.6 is 0 Å². The van der Waals surface area contributed by atoms with Gasteiger partial charge >= 0.3 is 5.97 Å². The van der Waals surface area contributed by atoms with Crippen molar-refractivity contribution in [3.63, 3.8) is 0 Å². The summed E-state index contributed by atoms with van der Waals surface area (Å²) in [6.07, 6.45) is 0.911. The second kappa shape index (κ2) is 6.49. The molecule has 1 rings (SSSR count). The standard InChI is InChI=1S/C13H17FN2O5/c1-3-13(4-2,7-17)15-10-5-8(12(18)19)9(14)6-11(10)16(20)21/h5-6,15,17H,3-4,7H2,1-2H3,(H,18,19). The smallest absolute Gasteiger partial charge is 0.338 e. The number of anilines is 1. The summed E-state index contributed by atoms with van der Waals surface area (Å²) in [6, 6.07) is 1.45. The number of hydrogen-bond acceptors (Lipinski definition) is 5. The van der Waals surface area contributed by atoms with Crippen LogP contribution < -0.4 is 5.32 Å². The van der Waals surface area contributed by atoms with E-state index in [9.17, 15) is 24.4 Å². The summed E-state index contributed by atoms with van der Waals surface area (Å²) in [7, 11) is 0. The van der Waals surface area contributed by atoms with Crippen molar-refractivity contribution in [3.8, 4) is 0 Å². The minimum atomic E-state index is -1.52. The number of carboxylic acid groups (broad SMARTS) is 1. The van der Waals surface area contributed by atoms with Crippen LogP contribution in [0.1, 0.15) is 37.0 Å². The van der Waals surface area contributed by atoms with Gasteiger partial charge in [0.2, 0.25) is 0 Å². The Kier molecular flexibility index (Phi) is 5.20. The first-order valence-electron chi connectivity index (χ1n) is 6.40. The first-order chi connectivity index (χ1) is 9.80. The molecule has 8 heteroatoms. The summed E-state index contributed by atoms with van der Waals surface area (Å²) in [5, 5.41) is 32.2. The second-order valence-electron chi connectivity index (χ2n) is 4.68. The van der Waals surface area contributed by atoms with Gasteiger partial charge in [-0.3, -0.25) is 10.1 Å². The molecule has 0 aliphatic carbocycles. The molecule has 1 aromatic rings. The molecule has 0 aromatic heterocycles. The topological polar surface area (TPSA) is 113 Å². The van der Waals surface area contributed by atoms with Gasteiger partial charge < -0.3 is 15.5 Å². The molecule has 0 saturated carbocycles. The van der Waals surface area contributed by atoms with E-state index in [1.165, 1.54) is 0 Å². The highest BCUT2D eigenvalue weighted by atomic mass is 19.1. The predicted octanol–water partition coefficient (Wildman–Crippen LogP) is 2.40. The molecule has 7 nitrogen and oxygen atoms in total. The molecule has 0 atom stereocenters. The lowest BCUT2D eigenvalue weighted by Crippen LogP contribution is -2.41. The summed E-state index contributed by atoms with van der Waals surface area (Å²) < 4.78 is 13.6. The van der Waals surface area contributed by atoms with Crippen molar-refractivity contribution in [2.75, 3.05) is 11.9 Å². The van der Waals surface area contributed by atoms with Crippen LogP contribution in [0.15, 0.2) is 12.1 Å². The summed E-state index contributed by atoms with van der Waals surface area (Å²) in [5.41, 5.74) is -2.20. The van der Waals surface area contributed by atoms with Crippen molar-refractivity contribution in [3.05, 3.63) is 33.6 Å². The van der Waals surface area contributed by atoms with Crippen molar-refractivity contribution in [1.82, 2.24) is 0 Å². The Labute approximate surface area is 120 Å². The zero-order valence-corrected chi connectivity index (χ0v) is 11.7. The number of benzene rings is 1. The van der Waals surface area contributed by atoms with Crippen LogP contribution in [0.5, 0.6) is 0 Å². The molecule has 0 fully saturated rings. The average molecular weight is 300 g/mol. The first-order valence-corrected chi connectivity index (χ1v) is 6.40. The minimum absolute atomic E-state index is 0.128. The molecular weight excluding hydrogens is 283 g/mol. The van der Waals surface area contributed by atoms with E-state index >= 15 is 0 Å². The van der Waals surface area contributed by atoms with Crippen molar-refractivity contribution < 1.29 is 24.3 Å². The van der Waals surface area contributed by atoms with E-state index in [-0.39, 0.29) is 12.3 Å². The summed E-state index contributed by atoms with van der Waals surface area (Å²) >= 11 is 0. The summed E-state index contributed by atoms with van der Waals surface area (Å²) in [4.78, 5) is 21.1. The third-order valence-corrected chi connectivity index (χ3v) is 3.57. The number of aliphatic hydroxyl groups excluding tert-OH is 1. The molecule has 1 aromatic carbocycles. The van der Waals surface area contributed by atoms with Crippen molar-refractivity contribution in [2.24, 2.45) is 0 Å². The van der Waals surface area contributed by atoms with Crippen LogP contribution in [0.2, 0.25) is 0 Å². The fourth-order valence-corrected chi connectivity index (χ4v) is 1.95. The van der Waals surface area contributed by atoms with E-state index in [2.05, 4.69) is 5.32 Å². The number of halogens is 1. The lowest BCUT2D eigenvalue weighted by molar-refractivity contribution is -0.384. The number of carbonyl (C=O) groups is 1. The first kappa shape index (κ1) is 16.8. The number of nitro benzene ring substituents is 1. The molecule has 0 heterocycles. The normalized spacial score (nSPS) is 11.2. The third kappa shape index (κ3) is 3.46. The van der Waals surface area contributed by atoms with Crippen LogP contribution in [-0.4, -0.2) is 33.3 Å². The van der Waals surface area contributed by atoms with Crippen molar-refractivity contribution in [1.29, 1.82) is 0 Å². The molecule has 0 radical (unpaired) electrons. The highest BCUT2D eigenvalue weighted by Crippen LogP contribution is 2.32. The summed E-state index contributed by atoms with van der Waals surface area (Å²) in [5.74, 6) is -2.70. The third-order valence-electron chi connectivity index (χ3n) is 3.57. The van der Waals surface area contributed by atoms with E-state index in [0.29, 0.717) is 18.9 Å². The van der Waals surface area contributed by atoms with Gasteiger partial charge in [0.25, 0.3) is 5.69 Å². The van der Waals surface area contributed by atoms with Gasteiger partial charge in [0.05, 0.1) is 28.7 Å². The lowest BCUT2D eigenvalue weighted by Gasteiger charge is -2.31. The fraction of sp³-hybridized carbons (Fsp3) is 0.462. The molecule has 0 saturated heterocycles. The largest absolute Gasteiger partial charge is 0.478 e. The minimum Gasteiger partial charge on any atom is -0.478 e. The molecule has 116 valence electrons. The van der Waals surface area contributed by atoms with Crippen molar-refractivity contribution in [2.45, 2.75) is 32.2 Å². The fourth-order valence-electron chi connectivity index (χ4n) is 1.95. The molecule has 0 unspecified atom stereocenters. The number of hydrogen-bond donors (Lipinski definition) is 3. The maximum atomic E-state index is 13.6. The Morgan fingerprint density at radius 1 is 1.43 bits per heavy atom. The van der Waals surface area contributed by atoms with E-state index in [1.54, 1.807) is 13.8 Å². The Morgan fingerprint density at radius 3 is 2.38 bits per heavy atom. The molecular formula is C13H17FN2O5. The van der Waals surface area contributed by atoms with Gasteiger partial charge in [0, 0.05) is 0 Å². The SMILES string of the molecule is CCC(CC)(CO)Nc1cc(C(=O)O)c(F)cc1[N+](=O)[O-]. The Morgan fingerprint density at radius 2 is 2.00 bits per heavy atom. The monoisotopic (exact) mass is 300 g/mol. The summed E-state index contributed by atoms with van der Waals surface area (Å²) in [6.45, 7) is 3.26. The van der Waals surface area contributed by atoms with Gasteiger partial charge in [-0.1, -0.05) is 13.8 Å². The quantitative estimate of drug-likeness (QED) is 0.526. The van der Waals surface area contributed by atoms with Crippen molar-refractivity contribution >= 4 is 17.3 Å². The van der Waals surface area contributed by atoms with E-state index in [1.807, 2.05) is 0 Å². The van der Waals surface area contributed by atoms with Crippen LogP contribution in [0.25, 0.3) is 0 Å². The zero-order valence-electron chi connectivity index (χ0n) is 11.7. The number of aromatic carboxylic acids is 1. The predicted molar refractivity (Wildman–Crippen MR) is 74.0 cm³/mol. The van der Waals surface area contributed by atoms with E-state index in [4.69, 9.17) is 5.11 Å².